The molecule has 0 unspecified atom stereocenters. The van der Waals surface area contributed by atoms with Crippen molar-refractivity contribution in [1.29, 1.82) is 0 Å². The summed E-state index contributed by atoms with van der Waals surface area (Å²) in [6.45, 7) is 2.14. The van der Waals surface area contributed by atoms with E-state index in [1.807, 2.05) is 55.5 Å². The van der Waals surface area contributed by atoms with E-state index in [1.54, 1.807) is 24.3 Å². The fourth-order valence-corrected chi connectivity index (χ4v) is 4.07. The molecule has 1 N–H and O–H groups in total. The predicted molar refractivity (Wildman–Crippen MR) is 139 cm³/mol. The number of carbonyl (C=O) groups is 1. The summed E-state index contributed by atoms with van der Waals surface area (Å²) in [6.07, 6.45) is 2.54. The third-order valence-electron chi connectivity index (χ3n) is 4.61. The Bertz CT molecular complexity index is 1210. The maximum absolute atomic E-state index is 12.3. The normalized spacial score (nSPS) is 11.4. The zero-order valence-corrected chi connectivity index (χ0v) is 21.2. The van der Waals surface area contributed by atoms with E-state index >= 15 is 0 Å². The molecule has 0 heterocycles. The van der Waals surface area contributed by atoms with E-state index < -0.39 is 15.9 Å². The summed E-state index contributed by atoms with van der Waals surface area (Å²) in [7, 11) is -3.63. The number of nitrogens with zero attached hydrogens (tertiary/aromatic N) is 2. The van der Waals surface area contributed by atoms with Gasteiger partial charge in [0.25, 0.3) is 5.91 Å². The molecule has 3 rings (SSSR count). The topological polar surface area (TPSA) is 88.1 Å². The molecule has 0 aromatic heterocycles. The van der Waals surface area contributed by atoms with Gasteiger partial charge in [-0.05, 0) is 89.2 Å². The molecule has 3 aromatic carbocycles. The average molecular weight is 577 g/mol. The van der Waals surface area contributed by atoms with Crippen LogP contribution in [-0.4, -0.2) is 33.3 Å². The van der Waals surface area contributed by atoms with Crippen LogP contribution in [-0.2, 0) is 21.4 Å². The average Bonchev–Trinajstić information content (AvgIpc) is 2.78. The molecule has 0 aliphatic heterocycles. The van der Waals surface area contributed by atoms with Crippen molar-refractivity contribution in [2.24, 2.45) is 5.10 Å². The molecule has 33 heavy (non-hydrogen) atoms. The maximum atomic E-state index is 12.3. The second kappa shape index (κ2) is 11.3. The second-order valence-electron chi connectivity index (χ2n) is 7.38. The lowest BCUT2D eigenvalue weighted by Gasteiger charge is -2.21. The Labute approximate surface area is 207 Å². The van der Waals surface area contributed by atoms with Crippen molar-refractivity contribution in [1.82, 2.24) is 5.43 Å². The van der Waals surface area contributed by atoms with Gasteiger partial charge in [-0.1, -0.05) is 29.8 Å². The van der Waals surface area contributed by atoms with Crippen molar-refractivity contribution in [3.8, 4) is 5.75 Å². The largest absolute Gasteiger partial charge is 0.489 e. The van der Waals surface area contributed by atoms with Crippen LogP contribution in [0.5, 0.6) is 5.75 Å². The van der Waals surface area contributed by atoms with Crippen LogP contribution in [0.3, 0.4) is 0 Å². The van der Waals surface area contributed by atoms with Crippen molar-refractivity contribution in [3.05, 3.63) is 93.1 Å². The third-order valence-corrected chi connectivity index (χ3v) is 6.47. The summed E-state index contributed by atoms with van der Waals surface area (Å²) in [4.78, 5) is 12.3. The first kappa shape index (κ1) is 24.7. The first-order valence-electron chi connectivity index (χ1n) is 10.0. The number of halogens is 1. The fourth-order valence-electron chi connectivity index (χ4n) is 2.85. The summed E-state index contributed by atoms with van der Waals surface area (Å²) in [6, 6.07) is 22.3. The second-order valence-corrected chi connectivity index (χ2v) is 10.5. The van der Waals surface area contributed by atoms with Gasteiger partial charge in [-0.15, -0.1) is 0 Å². The molecule has 172 valence electrons. The monoisotopic (exact) mass is 577 g/mol. The van der Waals surface area contributed by atoms with Crippen LogP contribution < -0.4 is 14.5 Å². The quantitative estimate of drug-likeness (QED) is 0.236. The Morgan fingerprint density at radius 3 is 2.27 bits per heavy atom. The lowest BCUT2D eigenvalue weighted by atomic mass is 10.2. The Balaban J connectivity index is 1.53. The molecule has 9 heteroatoms. The summed E-state index contributed by atoms with van der Waals surface area (Å²) < 4.78 is 32.0. The molecule has 7 nitrogen and oxygen atoms in total. The van der Waals surface area contributed by atoms with Gasteiger partial charge in [0.2, 0.25) is 10.0 Å². The van der Waals surface area contributed by atoms with Crippen LogP contribution in [0.1, 0.15) is 16.7 Å². The Hall–Kier alpha value is -2.92. The van der Waals surface area contributed by atoms with Crippen LogP contribution in [0.25, 0.3) is 0 Å². The van der Waals surface area contributed by atoms with Gasteiger partial charge in [0.1, 0.15) is 18.9 Å². The van der Waals surface area contributed by atoms with Crippen LogP contribution >= 0.6 is 22.6 Å². The minimum atomic E-state index is -3.63. The van der Waals surface area contributed by atoms with E-state index in [0.29, 0.717) is 12.3 Å². The van der Waals surface area contributed by atoms with Crippen molar-refractivity contribution in [2.75, 3.05) is 17.1 Å². The number of rotatable bonds is 9. The highest BCUT2D eigenvalue weighted by atomic mass is 127. The van der Waals surface area contributed by atoms with E-state index in [0.717, 1.165) is 31.0 Å². The lowest BCUT2D eigenvalue weighted by molar-refractivity contribution is -0.119. The van der Waals surface area contributed by atoms with Gasteiger partial charge in [-0.3, -0.25) is 9.10 Å². The third kappa shape index (κ3) is 7.86. The first-order valence-corrected chi connectivity index (χ1v) is 13.0. The van der Waals surface area contributed by atoms with E-state index in [-0.39, 0.29) is 6.54 Å². The molecule has 0 atom stereocenters. The standard InChI is InChI=1S/C24H24IN3O4S/c1-18-3-5-20(6-4-18)17-32-23-13-7-19(8-14-23)15-26-27-24(29)16-28(33(2,30)31)22-11-9-21(25)10-12-22/h3-15H,16-17H2,1-2H3,(H,27,29)/b26-15-. The van der Waals surface area contributed by atoms with Crippen molar-refractivity contribution in [2.45, 2.75) is 13.5 Å². The van der Waals surface area contributed by atoms with Gasteiger partial charge >= 0.3 is 0 Å². The van der Waals surface area contributed by atoms with Crippen LogP contribution in [0.2, 0.25) is 0 Å². The summed E-state index contributed by atoms with van der Waals surface area (Å²) in [5.74, 6) is 0.173. The number of benzene rings is 3. The first-order chi connectivity index (χ1) is 15.7. The summed E-state index contributed by atoms with van der Waals surface area (Å²) >= 11 is 2.13. The SMILES string of the molecule is Cc1ccc(COc2ccc(/C=N\NC(=O)CN(c3ccc(I)cc3)S(C)(=O)=O)cc2)cc1. The molecule has 0 saturated carbocycles. The molecule has 0 spiro atoms. The highest BCUT2D eigenvalue weighted by Crippen LogP contribution is 2.19. The summed E-state index contributed by atoms with van der Waals surface area (Å²) in [5, 5.41) is 3.93. The summed E-state index contributed by atoms with van der Waals surface area (Å²) in [5.41, 5.74) is 5.83. The fraction of sp³-hybridized carbons (Fsp3) is 0.167. The number of hydrazone groups is 1. The molecule has 0 bridgehead atoms. The highest BCUT2D eigenvalue weighted by molar-refractivity contribution is 14.1. The smallest absolute Gasteiger partial charge is 0.260 e. The van der Waals surface area contributed by atoms with Gasteiger partial charge in [0.05, 0.1) is 18.2 Å². The minimum absolute atomic E-state index is 0.372. The molecule has 0 aliphatic carbocycles. The number of nitrogens with one attached hydrogen (secondary N) is 1. The molecule has 3 aromatic rings. The number of ether oxygens (including phenoxy) is 1. The Kier molecular flexibility index (Phi) is 8.45. The van der Waals surface area contributed by atoms with Gasteiger partial charge in [0.15, 0.2) is 0 Å². The minimum Gasteiger partial charge on any atom is -0.489 e. The van der Waals surface area contributed by atoms with E-state index in [9.17, 15) is 13.2 Å². The van der Waals surface area contributed by atoms with Crippen LogP contribution in [0.4, 0.5) is 5.69 Å². The Morgan fingerprint density at radius 1 is 1.03 bits per heavy atom. The van der Waals surface area contributed by atoms with Crippen LogP contribution in [0, 0.1) is 10.5 Å². The van der Waals surface area contributed by atoms with Gasteiger partial charge in [-0.2, -0.15) is 5.10 Å². The molecule has 0 aliphatic rings. The Morgan fingerprint density at radius 2 is 1.67 bits per heavy atom. The predicted octanol–water partition coefficient (Wildman–Crippen LogP) is 4.09. The van der Waals surface area contributed by atoms with Crippen molar-refractivity contribution < 1.29 is 17.9 Å². The van der Waals surface area contributed by atoms with E-state index in [1.165, 1.54) is 11.8 Å². The highest BCUT2D eigenvalue weighted by Gasteiger charge is 2.20. The van der Waals surface area contributed by atoms with Crippen molar-refractivity contribution >= 4 is 50.4 Å². The molecular formula is C24H24IN3O4S. The molecule has 1 amide bonds. The molecular weight excluding hydrogens is 553 g/mol. The number of carbonyl (C=O) groups excluding carboxylic acids is 1. The van der Waals surface area contributed by atoms with Gasteiger partial charge < -0.3 is 4.74 Å². The van der Waals surface area contributed by atoms with Crippen LogP contribution in [0.15, 0.2) is 77.9 Å². The van der Waals surface area contributed by atoms with Gasteiger partial charge in [-0.25, -0.2) is 13.8 Å². The lowest BCUT2D eigenvalue weighted by Crippen LogP contribution is -2.39. The molecule has 0 fully saturated rings. The van der Waals surface area contributed by atoms with E-state index in [2.05, 4.69) is 33.1 Å². The number of aryl methyl sites for hydroxylation is 1. The zero-order valence-electron chi connectivity index (χ0n) is 18.2. The number of amides is 1. The molecule has 0 saturated heterocycles. The maximum Gasteiger partial charge on any atom is 0.260 e. The number of sulfonamides is 1. The number of anilines is 1. The number of hydrogen-bond acceptors (Lipinski definition) is 5. The zero-order chi connectivity index (χ0) is 23.8. The van der Waals surface area contributed by atoms with Gasteiger partial charge in [0, 0.05) is 3.57 Å². The molecule has 0 radical (unpaired) electrons. The van der Waals surface area contributed by atoms with E-state index in [4.69, 9.17) is 4.74 Å². The van der Waals surface area contributed by atoms with Crippen molar-refractivity contribution in [3.63, 3.8) is 0 Å². The number of hydrogen-bond donors (Lipinski definition) is 1.